The van der Waals surface area contributed by atoms with Crippen molar-refractivity contribution in [3.8, 4) is 0 Å². The largest absolute Gasteiger partial charge is 0.352 e. The van der Waals surface area contributed by atoms with Gasteiger partial charge in [0.05, 0.1) is 4.90 Å². The molecular formula is C17H22F2N4O3S. The van der Waals surface area contributed by atoms with Gasteiger partial charge in [0, 0.05) is 36.5 Å². The number of benzene rings is 1. The number of hydrogen-bond donors (Lipinski definition) is 2. The quantitative estimate of drug-likeness (QED) is 0.746. The van der Waals surface area contributed by atoms with Crippen LogP contribution < -0.4 is 10.0 Å². The van der Waals surface area contributed by atoms with Crippen LogP contribution in [0, 0.1) is 0 Å². The Kier molecular flexibility index (Phi) is 6.32. The molecule has 1 heterocycles. The highest BCUT2D eigenvalue weighted by Crippen LogP contribution is 2.14. The summed E-state index contributed by atoms with van der Waals surface area (Å²) in [6, 6.07) is 5.47. The minimum Gasteiger partial charge on any atom is -0.352 e. The Hall–Kier alpha value is -2.33. The lowest BCUT2D eigenvalue weighted by Gasteiger charge is -2.20. The molecule has 0 unspecified atom stereocenters. The van der Waals surface area contributed by atoms with Crippen LogP contribution in [0.1, 0.15) is 43.5 Å². The molecule has 2 rings (SSSR count). The van der Waals surface area contributed by atoms with Gasteiger partial charge in [0.2, 0.25) is 10.0 Å². The number of rotatable bonds is 7. The van der Waals surface area contributed by atoms with Crippen molar-refractivity contribution in [3.63, 3.8) is 0 Å². The van der Waals surface area contributed by atoms with Crippen LogP contribution in [-0.4, -0.2) is 36.0 Å². The average Bonchev–Trinajstić information content (AvgIpc) is 3.01. The van der Waals surface area contributed by atoms with Crippen LogP contribution in [-0.2, 0) is 16.4 Å². The minimum atomic E-state index is -3.68. The molecule has 10 heteroatoms. The van der Waals surface area contributed by atoms with E-state index in [0.717, 1.165) is 4.57 Å². The van der Waals surface area contributed by atoms with E-state index in [1.165, 1.54) is 36.7 Å². The molecule has 0 radical (unpaired) electrons. The molecule has 0 aliphatic rings. The van der Waals surface area contributed by atoms with Crippen molar-refractivity contribution in [1.82, 2.24) is 19.6 Å². The van der Waals surface area contributed by atoms with E-state index in [1.807, 2.05) is 0 Å². The maximum absolute atomic E-state index is 12.7. The van der Waals surface area contributed by atoms with Gasteiger partial charge in [-0.25, -0.2) is 18.1 Å². The molecule has 1 aromatic carbocycles. The molecular weight excluding hydrogens is 378 g/mol. The molecule has 0 saturated carbocycles. The molecule has 2 N–H and O–H groups in total. The third-order valence-corrected chi connectivity index (χ3v) is 5.23. The highest BCUT2D eigenvalue weighted by Gasteiger charge is 2.22. The fourth-order valence-electron chi connectivity index (χ4n) is 2.35. The SMILES string of the molecule is CC(C)(C)NS(=O)(=O)c1ccc(C(=O)NCCc2nccn2C(F)F)cc1. The van der Waals surface area contributed by atoms with Crippen LogP contribution in [0.5, 0.6) is 0 Å². The number of nitrogens with one attached hydrogen (secondary N) is 2. The van der Waals surface area contributed by atoms with Crippen LogP contribution in [0.2, 0.25) is 0 Å². The van der Waals surface area contributed by atoms with Crippen LogP contribution in [0.3, 0.4) is 0 Å². The zero-order chi connectivity index (χ0) is 20.2. The van der Waals surface area contributed by atoms with Crippen molar-refractivity contribution >= 4 is 15.9 Å². The van der Waals surface area contributed by atoms with Gasteiger partial charge in [0.25, 0.3) is 5.91 Å². The summed E-state index contributed by atoms with van der Waals surface area (Å²) in [5.41, 5.74) is -0.361. The van der Waals surface area contributed by atoms with Crippen LogP contribution in [0.4, 0.5) is 8.78 Å². The first kappa shape index (κ1) is 21.0. The van der Waals surface area contributed by atoms with Crippen molar-refractivity contribution < 1.29 is 22.0 Å². The van der Waals surface area contributed by atoms with Gasteiger partial charge in [-0.1, -0.05) is 0 Å². The number of carbonyl (C=O) groups is 1. The fraction of sp³-hybridized carbons (Fsp3) is 0.412. The zero-order valence-corrected chi connectivity index (χ0v) is 16.1. The summed E-state index contributed by atoms with van der Waals surface area (Å²) >= 11 is 0. The second-order valence-electron chi connectivity index (χ2n) is 6.91. The number of amides is 1. The maximum Gasteiger partial charge on any atom is 0.319 e. The summed E-state index contributed by atoms with van der Waals surface area (Å²) in [4.78, 5) is 16.0. The van der Waals surface area contributed by atoms with Gasteiger partial charge in [-0.3, -0.25) is 9.36 Å². The predicted octanol–water partition coefficient (Wildman–Crippen LogP) is 2.33. The van der Waals surface area contributed by atoms with Gasteiger partial charge in [0.15, 0.2) is 0 Å². The topological polar surface area (TPSA) is 93.1 Å². The number of nitrogens with zero attached hydrogens (tertiary/aromatic N) is 2. The first-order chi connectivity index (χ1) is 12.5. The lowest BCUT2D eigenvalue weighted by molar-refractivity contribution is 0.0670. The van der Waals surface area contributed by atoms with Crippen LogP contribution >= 0.6 is 0 Å². The summed E-state index contributed by atoms with van der Waals surface area (Å²) in [7, 11) is -3.68. The predicted molar refractivity (Wildman–Crippen MR) is 96.0 cm³/mol. The fourth-order valence-corrected chi connectivity index (χ4v) is 3.77. The van der Waals surface area contributed by atoms with Gasteiger partial charge < -0.3 is 5.32 Å². The second kappa shape index (κ2) is 8.13. The Morgan fingerprint density at radius 2 is 1.85 bits per heavy atom. The van der Waals surface area contributed by atoms with E-state index >= 15 is 0 Å². The van der Waals surface area contributed by atoms with E-state index in [-0.39, 0.29) is 29.2 Å². The highest BCUT2D eigenvalue weighted by molar-refractivity contribution is 7.89. The summed E-state index contributed by atoms with van der Waals surface area (Å²) in [5.74, 6) is -0.266. The number of aromatic nitrogens is 2. The molecule has 27 heavy (non-hydrogen) atoms. The first-order valence-corrected chi connectivity index (χ1v) is 9.70. The van der Waals surface area contributed by atoms with Crippen LogP contribution in [0.15, 0.2) is 41.6 Å². The van der Waals surface area contributed by atoms with Gasteiger partial charge in [0.1, 0.15) is 5.82 Å². The maximum atomic E-state index is 12.7. The molecule has 7 nitrogen and oxygen atoms in total. The van der Waals surface area contributed by atoms with Crippen molar-refractivity contribution in [2.45, 2.75) is 44.2 Å². The molecule has 0 spiro atoms. The van der Waals surface area contributed by atoms with E-state index in [4.69, 9.17) is 0 Å². The van der Waals surface area contributed by atoms with E-state index in [9.17, 15) is 22.0 Å². The summed E-state index contributed by atoms with van der Waals surface area (Å²) < 4.78 is 53.2. The zero-order valence-electron chi connectivity index (χ0n) is 15.2. The van der Waals surface area contributed by atoms with Gasteiger partial charge in [-0.2, -0.15) is 8.78 Å². The molecule has 148 valence electrons. The lowest BCUT2D eigenvalue weighted by atomic mass is 10.1. The molecule has 0 atom stereocenters. The third-order valence-electron chi connectivity index (χ3n) is 3.46. The van der Waals surface area contributed by atoms with Crippen molar-refractivity contribution in [2.75, 3.05) is 6.54 Å². The van der Waals surface area contributed by atoms with E-state index in [0.29, 0.717) is 0 Å². The molecule has 0 aliphatic carbocycles. The van der Waals surface area contributed by atoms with E-state index in [1.54, 1.807) is 20.8 Å². The van der Waals surface area contributed by atoms with Gasteiger partial charge in [-0.05, 0) is 45.0 Å². The molecule has 0 aliphatic heterocycles. The Bertz CT molecular complexity index is 888. The first-order valence-electron chi connectivity index (χ1n) is 8.22. The summed E-state index contributed by atoms with van der Waals surface area (Å²) in [5, 5.41) is 2.60. The smallest absolute Gasteiger partial charge is 0.319 e. The minimum absolute atomic E-state index is 0.0490. The number of halogens is 2. The van der Waals surface area contributed by atoms with Crippen molar-refractivity contribution in [3.05, 3.63) is 48.0 Å². The van der Waals surface area contributed by atoms with Crippen molar-refractivity contribution in [1.29, 1.82) is 0 Å². The number of alkyl halides is 2. The summed E-state index contributed by atoms with van der Waals surface area (Å²) in [6.45, 7) is 2.62. The molecule has 0 fully saturated rings. The normalized spacial score (nSPS) is 12.4. The van der Waals surface area contributed by atoms with Crippen LogP contribution in [0.25, 0.3) is 0 Å². The number of carbonyl (C=O) groups excluding carboxylic acids is 1. The summed E-state index contributed by atoms with van der Waals surface area (Å²) in [6.07, 6.45) is 2.59. The average molecular weight is 400 g/mol. The highest BCUT2D eigenvalue weighted by atomic mass is 32.2. The second-order valence-corrected chi connectivity index (χ2v) is 8.60. The Balaban J connectivity index is 1.96. The number of sulfonamides is 1. The lowest BCUT2D eigenvalue weighted by Crippen LogP contribution is -2.40. The molecule has 2 aromatic rings. The number of imidazole rings is 1. The van der Waals surface area contributed by atoms with Gasteiger partial charge >= 0.3 is 6.55 Å². The monoisotopic (exact) mass is 400 g/mol. The van der Waals surface area contributed by atoms with E-state index in [2.05, 4.69) is 15.0 Å². The van der Waals surface area contributed by atoms with Crippen molar-refractivity contribution in [2.24, 2.45) is 0 Å². The molecule has 0 saturated heterocycles. The molecule has 1 amide bonds. The Morgan fingerprint density at radius 3 is 2.41 bits per heavy atom. The Labute approximate surface area is 156 Å². The third kappa shape index (κ3) is 5.83. The van der Waals surface area contributed by atoms with Gasteiger partial charge in [-0.15, -0.1) is 0 Å². The Morgan fingerprint density at radius 1 is 1.22 bits per heavy atom. The molecule has 1 aromatic heterocycles. The number of hydrogen-bond acceptors (Lipinski definition) is 4. The molecule has 0 bridgehead atoms. The van der Waals surface area contributed by atoms with E-state index < -0.39 is 28.0 Å². The standard InChI is InChI=1S/C17H22F2N4O3S/c1-17(2,3)22-27(25,26)13-6-4-12(5-7-13)15(24)21-9-8-14-20-10-11-23(14)16(18)19/h4-7,10-11,16,22H,8-9H2,1-3H3,(H,21,24).